The third kappa shape index (κ3) is 3.62. The molecule has 0 saturated heterocycles. The van der Waals surface area contributed by atoms with E-state index in [1.807, 2.05) is 31.2 Å². The first-order chi connectivity index (χ1) is 7.67. The first-order valence-corrected chi connectivity index (χ1v) is 5.52. The summed E-state index contributed by atoms with van der Waals surface area (Å²) in [5.74, 6) is 0.214. The molecule has 0 amide bonds. The minimum atomic E-state index is 0.107. The van der Waals surface area contributed by atoms with Crippen LogP contribution in [0.2, 0.25) is 5.02 Å². The highest BCUT2D eigenvalue weighted by atomic mass is 35.5. The number of halogens is 1. The number of anilines is 1. The van der Waals surface area contributed by atoms with Crippen molar-refractivity contribution in [1.29, 1.82) is 0 Å². The molecule has 0 aliphatic heterocycles. The van der Waals surface area contributed by atoms with Crippen molar-refractivity contribution >= 4 is 23.1 Å². The van der Waals surface area contributed by atoms with Gasteiger partial charge < -0.3 is 16.3 Å². The Kier molecular flexibility index (Phi) is 4.92. The van der Waals surface area contributed by atoms with Crippen LogP contribution in [0.4, 0.5) is 5.69 Å². The molecule has 0 saturated carbocycles. The van der Waals surface area contributed by atoms with Gasteiger partial charge in [-0.2, -0.15) is 0 Å². The predicted molar refractivity (Wildman–Crippen MR) is 67.2 cm³/mol. The van der Waals surface area contributed by atoms with E-state index >= 15 is 0 Å². The van der Waals surface area contributed by atoms with E-state index in [0.29, 0.717) is 11.4 Å². The van der Waals surface area contributed by atoms with E-state index < -0.39 is 0 Å². The summed E-state index contributed by atoms with van der Waals surface area (Å²) in [6.07, 6.45) is 1.35. The average Bonchev–Trinajstić information content (AvgIpc) is 2.30. The molecule has 1 aromatic carbocycles. The molecule has 0 radical (unpaired) electrons. The lowest BCUT2D eigenvalue weighted by Gasteiger charge is -2.18. The molecule has 1 rings (SSSR count). The van der Waals surface area contributed by atoms with Gasteiger partial charge in [0.15, 0.2) is 0 Å². The smallest absolute Gasteiger partial charge is 0.141 e. The Labute approximate surface area is 100 Å². The summed E-state index contributed by atoms with van der Waals surface area (Å²) in [5, 5.41) is 15.4. The third-order valence-electron chi connectivity index (χ3n) is 2.31. The van der Waals surface area contributed by atoms with Crippen LogP contribution in [0.25, 0.3) is 0 Å². The molecule has 0 heterocycles. The number of hydrogen-bond acceptors (Lipinski definition) is 3. The number of oxime groups is 1. The van der Waals surface area contributed by atoms with E-state index in [1.165, 1.54) is 0 Å². The minimum Gasteiger partial charge on any atom is -0.409 e. The zero-order valence-corrected chi connectivity index (χ0v) is 9.91. The Hall–Kier alpha value is -1.42. The van der Waals surface area contributed by atoms with Crippen molar-refractivity contribution < 1.29 is 5.21 Å². The van der Waals surface area contributed by atoms with E-state index in [-0.39, 0.29) is 11.9 Å². The van der Waals surface area contributed by atoms with Crippen LogP contribution in [0.5, 0.6) is 0 Å². The largest absolute Gasteiger partial charge is 0.409 e. The van der Waals surface area contributed by atoms with Gasteiger partial charge >= 0.3 is 0 Å². The maximum absolute atomic E-state index is 8.51. The van der Waals surface area contributed by atoms with Crippen LogP contribution in [0, 0.1) is 0 Å². The van der Waals surface area contributed by atoms with Crippen molar-refractivity contribution in [2.75, 3.05) is 5.32 Å². The first kappa shape index (κ1) is 12.6. The van der Waals surface area contributed by atoms with E-state index in [0.717, 1.165) is 12.1 Å². The van der Waals surface area contributed by atoms with Crippen LogP contribution in [-0.4, -0.2) is 17.1 Å². The molecule has 4 nitrogen and oxygen atoms in total. The van der Waals surface area contributed by atoms with E-state index in [1.54, 1.807) is 0 Å². The minimum absolute atomic E-state index is 0.107. The quantitative estimate of drug-likeness (QED) is 0.321. The zero-order chi connectivity index (χ0) is 12.0. The molecule has 1 unspecified atom stereocenters. The molecule has 0 aliphatic rings. The summed E-state index contributed by atoms with van der Waals surface area (Å²) in [7, 11) is 0. The fourth-order valence-electron chi connectivity index (χ4n) is 1.39. The summed E-state index contributed by atoms with van der Waals surface area (Å²) in [6.45, 7) is 2.03. The molecular formula is C11H16ClN3O. The zero-order valence-electron chi connectivity index (χ0n) is 9.15. The van der Waals surface area contributed by atoms with Gasteiger partial charge in [0.25, 0.3) is 0 Å². The van der Waals surface area contributed by atoms with Gasteiger partial charge in [-0.1, -0.05) is 35.8 Å². The molecule has 88 valence electrons. The number of nitrogens with one attached hydrogen (secondary N) is 1. The lowest BCUT2D eigenvalue weighted by molar-refractivity contribution is 0.316. The number of amidine groups is 1. The molecule has 0 aliphatic carbocycles. The summed E-state index contributed by atoms with van der Waals surface area (Å²) in [5.41, 5.74) is 6.33. The average molecular weight is 242 g/mol. The topological polar surface area (TPSA) is 70.6 Å². The molecule has 1 atom stereocenters. The van der Waals surface area contributed by atoms with Crippen LogP contribution < -0.4 is 11.1 Å². The molecule has 0 spiro atoms. The van der Waals surface area contributed by atoms with Crippen molar-refractivity contribution in [3.05, 3.63) is 29.3 Å². The Morgan fingerprint density at radius 2 is 2.25 bits per heavy atom. The summed E-state index contributed by atoms with van der Waals surface area (Å²) >= 11 is 6.02. The number of para-hydroxylation sites is 1. The second-order valence-corrected chi connectivity index (χ2v) is 3.93. The van der Waals surface area contributed by atoms with Gasteiger partial charge in [-0.25, -0.2) is 0 Å². The Balaban J connectivity index is 2.67. The SMILES string of the molecule is CCC(CC(N)=NO)Nc1ccccc1Cl. The van der Waals surface area contributed by atoms with Crippen molar-refractivity contribution in [2.45, 2.75) is 25.8 Å². The van der Waals surface area contributed by atoms with E-state index in [9.17, 15) is 0 Å². The molecule has 4 N–H and O–H groups in total. The molecule has 0 bridgehead atoms. The molecule has 0 aromatic heterocycles. The molecular weight excluding hydrogens is 226 g/mol. The van der Waals surface area contributed by atoms with Crippen molar-refractivity contribution in [3.8, 4) is 0 Å². The van der Waals surface area contributed by atoms with E-state index in [4.69, 9.17) is 22.5 Å². The highest BCUT2D eigenvalue weighted by molar-refractivity contribution is 6.33. The number of benzene rings is 1. The number of hydrogen-bond donors (Lipinski definition) is 3. The second kappa shape index (κ2) is 6.23. The maximum atomic E-state index is 8.51. The standard InChI is InChI=1S/C11H16ClN3O/c1-2-8(7-11(13)15-16)14-10-6-4-3-5-9(10)12/h3-6,8,14,16H,2,7H2,1H3,(H2,13,15). The summed E-state index contributed by atoms with van der Waals surface area (Å²) in [6, 6.07) is 7.61. The van der Waals surface area contributed by atoms with Crippen LogP contribution in [0.3, 0.4) is 0 Å². The molecule has 0 fully saturated rings. The van der Waals surface area contributed by atoms with Crippen LogP contribution in [0.15, 0.2) is 29.4 Å². The van der Waals surface area contributed by atoms with Crippen LogP contribution >= 0.6 is 11.6 Å². The number of nitrogens with two attached hydrogens (primary N) is 1. The molecule has 1 aromatic rings. The monoisotopic (exact) mass is 241 g/mol. The van der Waals surface area contributed by atoms with Crippen molar-refractivity contribution in [2.24, 2.45) is 10.9 Å². The lowest BCUT2D eigenvalue weighted by Crippen LogP contribution is -2.26. The normalized spacial score (nSPS) is 13.5. The molecule has 5 heteroatoms. The predicted octanol–water partition coefficient (Wildman–Crippen LogP) is 2.67. The lowest BCUT2D eigenvalue weighted by atomic mass is 10.1. The van der Waals surface area contributed by atoms with Gasteiger partial charge in [-0.3, -0.25) is 0 Å². The second-order valence-electron chi connectivity index (χ2n) is 3.52. The third-order valence-corrected chi connectivity index (χ3v) is 2.64. The fourth-order valence-corrected chi connectivity index (χ4v) is 1.58. The van der Waals surface area contributed by atoms with Crippen LogP contribution in [0.1, 0.15) is 19.8 Å². The highest BCUT2D eigenvalue weighted by Crippen LogP contribution is 2.22. The summed E-state index contributed by atoms with van der Waals surface area (Å²) in [4.78, 5) is 0. The Bertz CT molecular complexity index is 368. The van der Waals surface area contributed by atoms with Gasteiger partial charge in [0.05, 0.1) is 10.7 Å². The van der Waals surface area contributed by atoms with Crippen molar-refractivity contribution in [3.63, 3.8) is 0 Å². The van der Waals surface area contributed by atoms with Gasteiger partial charge in [0, 0.05) is 12.5 Å². The van der Waals surface area contributed by atoms with Crippen molar-refractivity contribution in [1.82, 2.24) is 0 Å². The van der Waals surface area contributed by atoms with Gasteiger partial charge in [-0.15, -0.1) is 0 Å². The number of nitrogens with zero attached hydrogens (tertiary/aromatic N) is 1. The highest BCUT2D eigenvalue weighted by Gasteiger charge is 2.10. The molecule has 16 heavy (non-hydrogen) atoms. The van der Waals surface area contributed by atoms with Gasteiger partial charge in [0.2, 0.25) is 0 Å². The maximum Gasteiger partial charge on any atom is 0.141 e. The van der Waals surface area contributed by atoms with E-state index in [2.05, 4.69) is 10.5 Å². The van der Waals surface area contributed by atoms with Gasteiger partial charge in [-0.05, 0) is 18.6 Å². The Morgan fingerprint density at radius 3 is 2.81 bits per heavy atom. The number of rotatable bonds is 5. The Morgan fingerprint density at radius 1 is 1.56 bits per heavy atom. The van der Waals surface area contributed by atoms with Gasteiger partial charge in [0.1, 0.15) is 5.84 Å². The first-order valence-electron chi connectivity index (χ1n) is 5.14. The summed E-state index contributed by atoms with van der Waals surface area (Å²) < 4.78 is 0. The van der Waals surface area contributed by atoms with Crippen LogP contribution in [-0.2, 0) is 0 Å². The fraction of sp³-hybridized carbons (Fsp3) is 0.364.